The van der Waals surface area contributed by atoms with E-state index in [1.54, 1.807) is 48.5 Å². The zero-order valence-corrected chi connectivity index (χ0v) is 13.2. The van der Waals surface area contributed by atoms with Gasteiger partial charge in [-0.25, -0.2) is 0 Å². The highest BCUT2D eigenvalue weighted by Crippen LogP contribution is 2.29. The van der Waals surface area contributed by atoms with Crippen LogP contribution >= 0.6 is 0 Å². The number of carbonyl (C=O) groups excluding carboxylic acids is 1. The van der Waals surface area contributed by atoms with E-state index in [0.717, 1.165) is 0 Å². The third kappa shape index (κ3) is 4.03. The Hall–Kier alpha value is -2.95. The van der Waals surface area contributed by atoms with E-state index in [2.05, 4.69) is 11.9 Å². The number of carbonyl (C=O) groups is 1. The molecule has 0 bridgehead atoms. The molecule has 0 saturated heterocycles. The van der Waals surface area contributed by atoms with Crippen molar-refractivity contribution in [2.24, 2.45) is 0 Å². The van der Waals surface area contributed by atoms with Gasteiger partial charge in [0.2, 0.25) is 0 Å². The normalized spacial score (nSPS) is 9.83. The molecule has 120 valence electrons. The molecule has 2 rings (SSSR count). The molecule has 5 nitrogen and oxygen atoms in total. The highest BCUT2D eigenvalue weighted by molar-refractivity contribution is 6.08. The van der Waals surface area contributed by atoms with Gasteiger partial charge < -0.3 is 19.5 Å². The lowest BCUT2D eigenvalue weighted by atomic mass is 10.1. The minimum absolute atomic E-state index is 0.306. The Balaban J connectivity index is 2.17. The summed E-state index contributed by atoms with van der Waals surface area (Å²) in [6.45, 7) is 4.03. The molecule has 0 fully saturated rings. The average Bonchev–Trinajstić information content (AvgIpc) is 2.60. The summed E-state index contributed by atoms with van der Waals surface area (Å²) >= 11 is 0. The third-order valence-electron chi connectivity index (χ3n) is 3.13. The van der Waals surface area contributed by atoms with Gasteiger partial charge in [0.25, 0.3) is 5.91 Å². The summed E-state index contributed by atoms with van der Waals surface area (Å²) in [5.74, 6) is 1.30. The van der Waals surface area contributed by atoms with Crippen molar-refractivity contribution in [3.8, 4) is 17.2 Å². The summed E-state index contributed by atoms with van der Waals surface area (Å²) in [4.78, 5) is 12.5. The average molecular weight is 313 g/mol. The maximum atomic E-state index is 12.5. The summed E-state index contributed by atoms with van der Waals surface area (Å²) in [5, 5.41) is 2.82. The highest BCUT2D eigenvalue weighted by Gasteiger charge is 2.18. The van der Waals surface area contributed by atoms with Crippen molar-refractivity contribution in [1.82, 2.24) is 0 Å². The second-order valence-corrected chi connectivity index (χ2v) is 4.62. The maximum Gasteiger partial charge on any atom is 0.263 e. The fourth-order valence-electron chi connectivity index (χ4n) is 2.06. The number of anilines is 1. The third-order valence-corrected chi connectivity index (χ3v) is 3.13. The van der Waals surface area contributed by atoms with Crippen molar-refractivity contribution in [2.75, 3.05) is 26.1 Å². The van der Waals surface area contributed by atoms with E-state index in [1.807, 2.05) is 0 Å². The van der Waals surface area contributed by atoms with E-state index < -0.39 is 0 Å². The van der Waals surface area contributed by atoms with E-state index in [0.29, 0.717) is 35.1 Å². The number of hydrogen-bond donors (Lipinski definition) is 1. The van der Waals surface area contributed by atoms with Crippen LogP contribution in [0.25, 0.3) is 0 Å². The van der Waals surface area contributed by atoms with E-state index >= 15 is 0 Å². The van der Waals surface area contributed by atoms with Crippen molar-refractivity contribution >= 4 is 11.6 Å². The maximum absolute atomic E-state index is 12.5. The van der Waals surface area contributed by atoms with Gasteiger partial charge in [-0.1, -0.05) is 18.7 Å². The Morgan fingerprint density at radius 3 is 2.22 bits per heavy atom. The Kier molecular flexibility index (Phi) is 5.63. The van der Waals surface area contributed by atoms with Crippen LogP contribution in [0.5, 0.6) is 17.2 Å². The SMILES string of the molecule is C=CCOc1ccc(NC(=O)c2c(OC)cccc2OC)cc1. The highest BCUT2D eigenvalue weighted by atomic mass is 16.5. The van der Waals surface area contributed by atoms with Gasteiger partial charge in [-0.15, -0.1) is 0 Å². The number of methoxy groups -OCH3 is 2. The summed E-state index contributed by atoms with van der Waals surface area (Å²) < 4.78 is 15.9. The first-order valence-corrected chi connectivity index (χ1v) is 7.05. The molecule has 0 unspecified atom stereocenters. The molecule has 0 aromatic heterocycles. The van der Waals surface area contributed by atoms with Crippen LogP contribution in [0.3, 0.4) is 0 Å². The second kappa shape index (κ2) is 7.89. The monoisotopic (exact) mass is 313 g/mol. The predicted octanol–water partition coefficient (Wildman–Crippen LogP) is 3.52. The van der Waals surface area contributed by atoms with Crippen LogP contribution in [0.1, 0.15) is 10.4 Å². The minimum atomic E-state index is -0.306. The molecule has 0 aliphatic rings. The van der Waals surface area contributed by atoms with Gasteiger partial charge in [0.1, 0.15) is 29.4 Å². The van der Waals surface area contributed by atoms with Crippen LogP contribution in [-0.4, -0.2) is 26.7 Å². The van der Waals surface area contributed by atoms with Gasteiger partial charge in [0.05, 0.1) is 14.2 Å². The molecule has 0 heterocycles. The molecule has 0 aliphatic heterocycles. The lowest BCUT2D eigenvalue weighted by Gasteiger charge is -2.13. The molecule has 2 aromatic carbocycles. The van der Waals surface area contributed by atoms with Crippen LogP contribution in [0, 0.1) is 0 Å². The summed E-state index contributed by atoms with van der Waals surface area (Å²) in [5.41, 5.74) is 0.999. The van der Waals surface area contributed by atoms with E-state index in [9.17, 15) is 4.79 Å². The van der Waals surface area contributed by atoms with Crippen LogP contribution in [-0.2, 0) is 0 Å². The summed E-state index contributed by atoms with van der Waals surface area (Å²) in [7, 11) is 3.02. The van der Waals surface area contributed by atoms with E-state index in [-0.39, 0.29) is 5.91 Å². The Morgan fingerprint density at radius 2 is 1.70 bits per heavy atom. The van der Waals surface area contributed by atoms with Crippen molar-refractivity contribution < 1.29 is 19.0 Å². The van der Waals surface area contributed by atoms with E-state index in [1.165, 1.54) is 14.2 Å². The van der Waals surface area contributed by atoms with Crippen LogP contribution in [0.2, 0.25) is 0 Å². The van der Waals surface area contributed by atoms with Gasteiger partial charge >= 0.3 is 0 Å². The largest absolute Gasteiger partial charge is 0.496 e. The number of hydrogen-bond acceptors (Lipinski definition) is 4. The summed E-state index contributed by atoms with van der Waals surface area (Å²) in [6, 6.07) is 12.3. The molecule has 2 aromatic rings. The van der Waals surface area contributed by atoms with Crippen LogP contribution < -0.4 is 19.5 Å². The Bertz CT molecular complexity index is 658. The molecule has 1 amide bonds. The van der Waals surface area contributed by atoms with E-state index in [4.69, 9.17) is 14.2 Å². The molecule has 5 heteroatoms. The van der Waals surface area contributed by atoms with Crippen LogP contribution in [0.4, 0.5) is 5.69 Å². The van der Waals surface area contributed by atoms with Gasteiger partial charge in [0.15, 0.2) is 0 Å². The smallest absolute Gasteiger partial charge is 0.263 e. The fraction of sp³-hybridized carbons (Fsp3) is 0.167. The minimum Gasteiger partial charge on any atom is -0.496 e. The molecule has 0 spiro atoms. The van der Waals surface area contributed by atoms with Gasteiger partial charge in [-0.3, -0.25) is 4.79 Å². The topological polar surface area (TPSA) is 56.8 Å². The number of amides is 1. The molecule has 0 atom stereocenters. The fourth-order valence-corrected chi connectivity index (χ4v) is 2.06. The zero-order valence-electron chi connectivity index (χ0n) is 13.2. The van der Waals surface area contributed by atoms with Crippen molar-refractivity contribution in [3.63, 3.8) is 0 Å². The quantitative estimate of drug-likeness (QED) is 0.795. The molecule has 23 heavy (non-hydrogen) atoms. The first kappa shape index (κ1) is 16.4. The number of nitrogens with one attached hydrogen (secondary N) is 1. The predicted molar refractivity (Wildman–Crippen MR) is 89.6 cm³/mol. The molecule has 0 aliphatic carbocycles. The second-order valence-electron chi connectivity index (χ2n) is 4.62. The Morgan fingerprint density at radius 1 is 1.09 bits per heavy atom. The molecular weight excluding hydrogens is 294 g/mol. The molecule has 1 N–H and O–H groups in total. The molecular formula is C18H19NO4. The lowest BCUT2D eigenvalue weighted by molar-refractivity contribution is 0.102. The van der Waals surface area contributed by atoms with Gasteiger partial charge in [-0.05, 0) is 36.4 Å². The zero-order chi connectivity index (χ0) is 16.7. The number of benzene rings is 2. The molecule has 0 radical (unpaired) electrons. The number of ether oxygens (including phenoxy) is 3. The van der Waals surface area contributed by atoms with Gasteiger partial charge in [-0.2, -0.15) is 0 Å². The van der Waals surface area contributed by atoms with Crippen molar-refractivity contribution in [1.29, 1.82) is 0 Å². The standard InChI is InChI=1S/C18H19NO4/c1-4-12-23-14-10-8-13(9-11-14)19-18(20)17-15(21-2)6-5-7-16(17)22-3/h4-11H,1,12H2,2-3H3,(H,19,20). The van der Waals surface area contributed by atoms with Crippen molar-refractivity contribution in [3.05, 3.63) is 60.7 Å². The molecule has 0 saturated carbocycles. The number of rotatable bonds is 7. The first-order valence-electron chi connectivity index (χ1n) is 7.05. The van der Waals surface area contributed by atoms with Crippen LogP contribution in [0.15, 0.2) is 55.1 Å². The lowest BCUT2D eigenvalue weighted by Crippen LogP contribution is -2.14. The Labute approximate surface area is 135 Å². The van der Waals surface area contributed by atoms with Crippen molar-refractivity contribution in [2.45, 2.75) is 0 Å². The summed E-state index contributed by atoms with van der Waals surface area (Å²) in [6.07, 6.45) is 1.67. The first-order chi connectivity index (χ1) is 11.2. The van der Waals surface area contributed by atoms with Gasteiger partial charge in [0, 0.05) is 5.69 Å².